The monoisotopic (exact) mass is 1010 g/mol. The minimum absolute atomic E-state index is 0.00156. The van der Waals surface area contributed by atoms with Gasteiger partial charge in [-0.25, -0.2) is 0 Å². The molecule has 0 fully saturated rings. The van der Waals surface area contributed by atoms with Crippen LogP contribution in [0.5, 0.6) is 34.5 Å². The van der Waals surface area contributed by atoms with E-state index in [1.54, 1.807) is 42.7 Å². The molecule has 0 saturated carbocycles. The summed E-state index contributed by atoms with van der Waals surface area (Å²) in [7, 11) is 9.66. The van der Waals surface area contributed by atoms with E-state index < -0.39 is 0 Å². The van der Waals surface area contributed by atoms with Gasteiger partial charge in [-0.15, -0.1) is 0 Å². The standard InChI is InChI=1S/C50H86O20/c1-53-45-36-41(37-46(54-2)49(45)57-5)34-43(8-7-11-59-14-17-62-20-23-65-26-27-66-24-21-63-18-15-60-12-9-51)44(35-42-38-47(55-3)50(58-6)48(39-42)56-4)40-70-33-32-69-31-30-68-29-28-67-25-22-64-19-16-61-13-10-52/h36-39,43-44,51-52H,7-35,40H2,1-6H3/t43-,44+/m0/s1. The van der Waals surface area contributed by atoms with E-state index in [2.05, 4.69) is 0 Å². The third-order valence-electron chi connectivity index (χ3n) is 10.5. The van der Waals surface area contributed by atoms with Crippen LogP contribution in [0.25, 0.3) is 0 Å². The first-order valence-electron chi connectivity index (χ1n) is 24.2. The van der Waals surface area contributed by atoms with E-state index in [4.69, 9.17) is 95.5 Å². The van der Waals surface area contributed by atoms with E-state index in [1.165, 1.54) is 0 Å². The number of ether oxygens (including phenoxy) is 18. The largest absolute Gasteiger partial charge is 0.493 e. The Bertz CT molecular complexity index is 1450. The Balaban J connectivity index is 1.96. The minimum atomic E-state index is 0.00156. The Morgan fingerprint density at radius 2 is 0.571 bits per heavy atom. The fraction of sp³-hybridized carbons (Fsp3) is 0.760. The molecule has 70 heavy (non-hydrogen) atoms. The Morgan fingerprint density at radius 1 is 0.314 bits per heavy atom. The van der Waals surface area contributed by atoms with Crippen molar-refractivity contribution in [3.8, 4) is 34.5 Å². The summed E-state index contributed by atoms with van der Waals surface area (Å²) >= 11 is 0. The maximum Gasteiger partial charge on any atom is 0.203 e. The van der Waals surface area contributed by atoms with Gasteiger partial charge in [0.05, 0.1) is 208 Å². The molecule has 2 N–H and O–H groups in total. The van der Waals surface area contributed by atoms with Crippen LogP contribution in [0.15, 0.2) is 24.3 Å². The second kappa shape index (κ2) is 44.4. The van der Waals surface area contributed by atoms with Crippen molar-refractivity contribution in [2.75, 3.05) is 214 Å². The first-order chi connectivity index (χ1) is 34.5. The van der Waals surface area contributed by atoms with Crippen molar-refractivity contribution in [3.63, 3.8) is 0 Å². The first kappa shape index (κ1) is 62.8. The quantitative estimate of drug-likeness (QED) is 0.0906. The van der Waals surface area contributed by atoms with Crippen LogP contribution in [-0.4, -0.2) is 225 Å². The summed E-state index contributed by atoms with van der Waals surface area (Å²) in [6, 6.07) is 7.99. The molecule has 0 aliphatic rings. The van der Waals surface area contributed by atoms with Gasteiger partial charge in [-0.05, 0) is 72.9 Å². The van der Waals surface area contributed by atoms with E-state index in [1.807, 2.05) is 24.3 Å². The van der Waals surface area contributed by atoms with Gasteiger partial charge in [-0.3, -0.25) is 0 Å². The van der Waals surface area contributed by atoms with Gasteiger partial charge in [-0.1, -0.05) is 0 Å². The summed E-state index contributed by atoms with van der Waals surface area (Å²) in [5.41, 5.74) is 2.05. The average Bonchev–Trinajstić information content (AvgIpc) is 3.38. The molecule has 0 radical (unpaired) electrons. The molecule has 0 spiro atoms. The van der Waals surface area contributed by atoms with Gasteiger partial charge in [0, 0.05) is 6.61 Å². The van der Waals surface area contributed by atoms with Gasteiger partial charge in [-0.2, -0.15) is 0 Å². The number of hydrogen-bond acceptors (Lipinski definition) is 20. The topological polar surface area (TPSA) is 207 Å². The second-order valence-corrected chi connectivity index (χ2v) is 15.4. The van der Waals surface area contributed by atoms with E-state index in [-0.39, 0.29) is 25.0 Å². The zero-order valence-corrected chi connectivity index (χ0v) is 42.9. The maximum atomic E-state index is 8.73. The lowest BCUT2D eigenvalue weighted by Crippen LogP contribution is -2.26. The molecule has 0 amide bonds. The van der Waals surface area contributed by atoms with E-state index in [9.17, 15) is 0 Å². The third kappa shape index (κ3) is 29.3. The van der Waals surface area contributed by atoms with Gasteiger partial charge in [0.15, 0.2) is 23.0 Å². The molecule has 2 aromatic carbocycles. The number of aliphatic hydroxyl groups excluding tert-OH is 2. The summed E-state index contributed by atoms with van der Waals surface area (Å²) in [6.45, 7) is 10.7. The van der Waals surface area contributed by atoms with Crippen molar-refractivity contribution in [2.45, 2.75) is 25.7 Å². The van der Waals surface area contributed by atoms with Crippen LogP contribution < -0.4 is 28.4 Å². The molecule has 0 aromatic heterocycles. The van der Waals surface area contributed by atoms with Crippen LogP contribution in [-0.2, 0) is 69.7 Å². The molecule has 0 aliphatic carbocycles. The van der Waals surface area contributed by atoms with Crippen molar-refractivity contribution in [3.05, 3.63) is 35.4 Å². The van der Waals surface area contributed by atoms with Gasteiger partial charge < -0.3 is 95.5 Å². The summed E-state index contributed by atoms with van der Waals surface area (Å²) in [4.78, 5) is 0. The molecule has 0 aliphatic heterocycles. The van der Waals surface area contributed by atoms with Gasteiger partial charge >= 0.3 is 0 Å². The highest BCUT2D eigenvalue weighted by atomic mass is 16.6. The zero-order chi connectivity index (χ0) is 50.5. The smallest absolute Gasteiger partial charge is 0.203 e. The number of methoxy groups -OCH3 is 6. The van der Waals surface area contributed by atoms with Crippen molar-refractivity contribution >= 4 is 0 Å². The molecule has 2 atom stereocenters. The Hall–Kier alpha value is -3.32. The van der Waals surface area contributed by atoms with Crippen LogP contribution >= 0.6 is 0 Å². The minimum Gasteiger partial charge on any atom is -0.493 e. The normalized spacial score (nSPS) is 12.3. The summed E-state index contributed by atoms with van der Waals surface area (Å²) < 4.78 is 102. The molecule has 0 heterocycles. The molecule has 0 unspecified atom stereocenters. The van der Waals surface area contributed by atoms with Crippen LogP contribution in [0.4, 0.5) is 0 Å². The number of aliphatic hydroxyl groups is 2. The fourth-order valence-electron chi connectivity index (χ4n) is 7.09. The van der Waals surface area contributed by atoms with Crippen molar-refractivity contribution in [1.29, 1.82) is 0 Å². The fourth-order valence-corrected chi connectivity index (χ4v) is 7.09. The lowest BCUT2D eigenvalue weighted by atomic mass is 9.80. The second-order valence-electron chi connectivity index (χ2n) is 15.4. The van der Waals surface area contributed by atoms with Gasteiger partial charge in [0.25, 0.3) is 0 Å². The van der Waals surface area contributed by atoms with E-state index >= 15 is 0 Å². The Labute approximate surface area is 416 Å². The number of benzene rings is 2. The highest BCUT2D eigenvalue weighted by molar-refractivity contribution is 5.55. The maximum absolute atomic E-state index is 8.73. The predicted molar refractivity (Wildman–Crippen MR) is 260 cm³/mol. The first-order valence-corrected chi connectivity index (χ1v) is 24.2. The van der Waals surface area contributed by atoms with Crippen LogP contribution in [0.2, 0.25) is 0 Å². The van der Waals surface area contributed by atoms with Crippen molar-refractivity contribution < 1.29 is 95.5 Å². The van der Waals surface area contributed by atoms with Gasteiger partial charge in [0.2, 0.25) is 11.5 Å². The van der Waals surface area contributed by atoms with Crippen LogP contribution in [0.3, 0.4) is 0 Å². The Kier molecular flexibility index (Phi) is 39.8. The van der Waals surface area contributed by atoms with Crippen LogP contribution in [0, 0.1) is 11.8 Å². The highest BCUT2D eigenvalue weighted by Crippen LogP contribution is 2.41. The molecule has 2 rings (SSSR count). The zero-order valence-electron chi connectivity index (χ0n) is 42.9. The average molecular weight is 1010 g/mol. The lowest BCUT2D eigenvalue weighted by Gasteiger charge is -2.29. The SMILES string of the molecule is COc1cc(C[C@H](CCCOCCOCCOCCOCCOCCOCCO)[C@@H](COCCOCCOCCOCCOCCOCCO)Cc2cc(OC)c(OC)c(OC)c2)cc(OC)c1OC. The lowest BCUT2D eigenvalue weighted by molar-refractivity contribution is -0.0214. The molecular weight excluding hydrogens is 921 g/mol. The molecular formula is C50H86O20. The molecule has 0 saturated heterocycles. The molecule has 20 heteroatoms. The predicted octanol–water partition coefficient (Wildman–Crippen LogP) is 3.72. The Morgan fingerprint density at radius 3 is 0.843 bits per heavy atom. The highest BCUT2D eigenvalue weighted by Gasteiger charge is 2.26. The number of rotatable bonds is 51. The number of hydrogen-bond donors (Lipinski definition) is 2. The van der Waals surface area contributed by atoms with Crippen LogP contribution in [0.1, 0.15) is 24.0 Å². The summed E-state index contributed by atoms with van der Waals surface area (Å²) in [5.74, 6) is 3.57. The summed E-state index contributed by atoms with van der Waals surface area (Å²) in [5, 5.41) is 17.4. The van der Waals surface area contributed by atoms with Crippen molar-refractivity contribution in [2.24, 2.45) is 11.8 Å². The van der Waals surface area contributed by atoms with Crippen molar-refractivity contribution in [1.82, 2.24) is 0 Å². The molecule has 0 bridgehead atoms. The van der Waals surface area contributed by atoms with E-state index in [0.717, 1.165) is 24.0 Å². The molecule has 20 nitrogen and oxygen atoms in total. The third-order valence-corrected chi connectivity index (χ3v) is 10.5. The molecule has 406 valence electrons. The summed E-state index contributed by atoms with van der Waals surface area (Å²) in [6.07, 6.45) is 3.00. The van der Waals surface area contributed by atoms with Gasteiger partial charge in [0.1, 0.15) is 0 Å². The van der Waals surface area contributed by atoms with E-state index in [0.29, 0.717) is 206 Å². The molecule has 2 aromatic rings.